The van der Waals surface area contributed by atoms with Gasteiger partial charge in [0, 0.05) is 18.7 Å². The van der Waals surface area contributed by atoms with Crippen molar-refractivity contribution in [1.29, 1.82) is 0 Å². The summed E-state index contributed by atoms with van der Waals surface area (Å²) >= 11 is 0. The molecular formula is C17H33NO. The second kappa shape index (κ2) is 7.64. The number of aliphatic hydroxyl groups is 1. The van der Waals surface area contributed by atoms with Crippen molar-refractivity contribution in [3.05, 3.63) is 0 Å². The highest BCUT2D eigenvalue weighted by Crippen LogP contribution is 2.42. The van der Waals surface area contributed by atoms with E-state index in [1.807, 2.05) is 0 Å². The summed E-state index contributed by atoms with van der Waals surface area (Å²) in [5.74, 6) is 1.64. The molecule has 0 aromatic rings. The number of nitrogens with zero attached hydrogens (tertiary/aromatic N) is 1. The second-order valence-corrected chi connectivity index (χ2v) is 6.69. The summed E-state index contributed by atoms with van der Waals surface area (Å²) in [7, 11) is 0. The van der Waals surface area contributed by atoms with Crippen LogP contribution in [0.2, 0.25) is 0 Å². The molecule has 0 saturated carbocycles. The van der Waals surface area contributed by atoms with Crippen molar-refractivity contribution in [3.63, 3.8) is 0 Å². The lowest BCUT2D eigenvalue weighted by Gasteiger charge is -2.47. The van der Waals surface area contributed by atoms with E-state index >= 15 is 0 Å². The van der Waals surface area contributed by atoms with Crippen LogP contribution in [-0.4, -0.2) is 35.2 Å². The molecule has 19 heavy (non-hydrogen) atoms. The molecule has 2 heterocycles. The standard InChI is InChI=1S/C17H33NO/c1-3-5-6-8-16-14(4-2)13-15(10-12-19)17-9-7-11-18(16)17/h14-17,19H,3-13H2,1-2H3. The van der Waals surface area contributed by atoms with E-state index in [0.29, 0.717) is 6.61 Å². The molecule has 2 nitrogen and oxygen atoms in total. The molecule has 2 rings (SSSR count). The fraction of sp³-hybridized carbons (Fsp3) is 1.00. The van der Waals surface area contributed by atoms with Crippen molar-refractivity contribution >= 4 is 0 Å². The van der Waals surface area contributed by atoms with E-state index in [4.69, 9.17) is 0 Å². The van der Waals surface area contributed by atoms with Crippen molar-refractivity contribution in [2.75, 3.05) is 13.2 Å². The van der Waals surface area contributed by atoms with Crippen LogP contribution in [0, 0.1) is 11.8 Å². The van der Waals surface area contributed by atoms with Gasteiger partial charge >= 0.3 is 0 Å². The van der Waals surface area contributed by atoms with Crippen LogP contribution in [-0.2, 0) is 0 Å². The molecule has 112 valence electrons. The van der Waals surface area contributed by atoms with E-state index in [2.05, 4.69) is 18.7 Å². The van der Waals surface area contributed by atoms with Gasteiger partial charge in [-0.15, -0.1) is 0 Å². The summed E-state index contributed by atoms with van der Waals surface area (Å²) in [6.45, 7) is 6.36. The SMILES string of the molecule is CCCCCC1C(CC)CC(CCO)C2CCCN12. The van der Waals surface area contributed by atoms with Gasteiger partial charge in [0.15, 0.2) is 0 Å². The molecule has 2 saturated heterocycles. The molecule has 0 spiro atoms. The fourth-order valence-corrected chi connectivity index (χ4v) is 4.63. The van der Waals surface area contributed by atoms with Gasteiger partial charge in [-0.05, 0) is 50.5 Å². The Hall–Kier alpha value is -0.0800. The van der Waals surface area contributed by atoms with Crippen LogP contribution in [0.15, 0.2) is 0 Å². The summed E-state index contributed by atoms with van der Waals surface area (Å²) in [5, 5.41) is 9.32. The summed E-state index contributed by atoms with van der Waals surface area (Å²) < 4.78 is 0. The lowest BCUT2D eigenvalue weighted by molar-refractivity contribution is 0.0106. The van der Waals surface area contributed by atoms with Gasteiger partial charge < -0.3 is 5.11 Å². The quantitative estimate of drug-likeness (QED) is 0.709. The highest BCUT2D eigenvalue weighted by atomic mass is 16.3. The minimum absolute atomic E-state index is 0.381. The van der Waals surface area contributed by atoms with E-state index in [1.54, 1.807) is 0 Å². The Morgan fingerprint density at radius 2 is 1.95 bits per heavy atom. The molecule has 0 aromatic heterocycles. The van der Waals surface area contributed by atoms with Crippen LogP contribution in [0.1, 0.15) is 71.6 Å². The van der Waals surface area contributed by atoms with Crippen molar-refractivity contribution in [2.24, 2.45) is 11.8 Å². The number of unbranched alkanes of at least 4 members (excludes halogenated alkanes) is 2. The number of hydrogen-bond acceptors (Lipinski definition) is 2. The topological polar surface area (TPSA) is 23.5 Å². The first-order valence-corrected chi connectivity index (χ1v) is 8.68. The molecule has 2 aliphatic heterocycles. The molecule has 0 aromatic carbocycles. The summed E-state index contributed by atoms with van der Waals surface area (Å²) in [6.07, 6.45) is 12.0. The second-order valence-electron chi connectivity index (χ2n) is 6.69. The van der Waals surface area contributed by atoms with Crippen molar-refractivity contribution in [3.8, 4) is 0 Å². The van der Waals surface area contributed by atoms with Gasteiger partial charge in [0.1, 0.15) is 0 Å². The third-order valence-corrected chi connectivity index (χ3v) is 5.59. The van der Waals surface area contributed by atoms with Crippen LogP contribution in [0.3, 0.4) is 0 Å². The zero-order chi connectivity index (χ0) is 13.7. The first-order valence-electron chi connectivity index (χ1n) is 8.68. The van der Waals surface area contributed by atoms with E-state index in [-0.39, 0.29) is 0 Å². The average Bonchev–Trinajstić information content (AvgIpc) is 2.90. The summed E-state index contributed by atoms with van der Waals surface area (Å²) in [6, 6.07) is 1.64. The average molecular weight is 267 g/mol. The molecule has 0 aliphatic carbocycles. The zero-order valence-corrected chi connectivity index (χ0v) is 13.0. The van der Waals surface area contributed by atoms with Crippen LogP contribution in [0.25, 0.3) is 0 Å². The van der Waals surface area contributed by atoms with Crippen LogP contribution in [0.4, 0.5) is 0 Å². The third-order valence-electron chi connectivity index (χ3n) is 5.59. The van der Waals surface area contributed by atoms with Crippen molar-refractivity contribution in [1.82, 2.24) is 4.90 Å². The van der Waals surface area contributed by atoms with E-state index < -0.39 is 0 Å². The normalized spacial score (nSPS) is 35.5. The molecule has 0 bridgehead atoms. The van der Waals surface area contributed by atoms with E-state index in [1.165, 1.54) is 57.9 Å². The molecule has 2 heteroatoms. The van der Waals surface area contributed by atoms with E-state index in [0.717, 1.165) is 30.3 Å². The third kappa shape index (κ3) is 3.52. The van der Waals surface area contributed by atoms with Gasteiger partial charge in [-0.2, -0.15) is 0 Å². The smallest absolute Gasteiger partial charge is 0.0434 e. The van der Waals surface area contributed by atoms with Crippen LogP contribution in [0.5, 0.6) is 0 Å². The zero-order valence-electron chi connectivity index (χ0n) is 13.0. The van der Waals surface area contributed by atoms with Gasteiger partial charge in [0.2, 0.25) is 0 Å². The van der Waals surface area contributed by atoms with Gasteiger partial charge in [0.05, 0.1) is 0 Å². The van der Waals surface area contributed by atoms with Crippen LogP contribution < -0.4 is 0 Å². The lowest BCUT2D eigenvalue weighted by atomic mass is 9.75. The lowest BCUT2D eigenvalue weighted by Crippen LogP contribution is -2.52. The first kappa shape index (κ1) is 15.3. The number of piperidine rings is 1. The summed E-state index contributed by atoms with van der Waals surface area (Å²) in [4.78, 5) is 2.84. The minimum Gasteiger partial charge on any atom is -0.396 e. The maximum Gasteiger partial charge on any atom is 0.0434 e. The maximum absolute atomic E-state index is 9.32. The molecular weight excluding hydrogens is 234 g/mol. The first-order chi connectivity index (χ1) is 9.31. The highest BCUT2D eigenvalue weighted by molar-refractivity contribution is 4.97. The Morgan fingerprint density at radius 1 is 1.11 bits per heavy atom. The molecule has 4 atom stereocenters. The Bertz CT molecular complexity index is 256. The molecule has 0 radical (unpaired) electrons. The van der Waals surface area contributed by atoms with Crippen LogP contribution >= 0.6 is 0 Å². The Balaban J connectivity index is 2.00. The molecule has 1 N–H and O–H groups in total. The largest absolute Gasteiger partial charge is 0.396 e. The highest BCUT2D eigenvalue weighted by Gasteiger charge is 2.43. The van der Waals surface area contributed by atoms with Gasteiger partial charge in [0.25, 0.3) is 0 Å². The summed E-state index contributed by atoms with van der Waals surface area (Å²) in [5.41, 5.74) is 0. The Morgan fingerprint density at radius 3 is 2.63 bits per heavy atom. The van der Waals surface area contributed by atoms with Gasteiger partial charge in [-0.3, -0.25) is 4.90 Å². The van der Waals surface area contributed by atoms with Gasteiger partial charge in [-0.1, -0.05) is 39.5 Å². The number of aliphatic hydroxyl groups excluding tert-OH is 1. The number of hydrogen-bond donors (Lipinski definition) is 1. The molecule has 2 fully saturated rings. The van der Waals surface area contributed by atoms with Crippen molar-refractivity contribution < 1.29 is 5.11 Å². The monoisotopic (exact) mass is 267 g/mol. The van der Waals surface area contributed by atoms with E-state index in [9.17, 15) is 5.11 Å². The number of fused-ring (bicyclic) bond motifs is 1. The fourth-order valence-electron chi connectivity index (χ4n) is 4.63. The molecule has 4 unspecified atom stereocenters. The minimum atomic E-state index is 0.381. The molecule has 2 aliphatic rings. The predicted octanol–water partition coefficient (Wildman–Crippen LogP) is 3.83. The Kier molecular flexibility index (Phi) is 6.15. The predicted molar refractivity (Wildman–Crippen MR) is 81.2 cm³/mol. The number of rotatable bonds is 7. The van der Waals surface area contributed by atoms with Gasteiger partial charge in [-0.25, -0.2) is 0 Å². The maximum atomic E-state index is 9.32. The molecule has 0 amide bonds. The van der Waals surface area contributed by atoms with Crippen molar-refractivity contribution in [2.45, 2.75) is 83.7 Å². The Labute approximate surface area is 119 Å².